The van der Waals surface area contributed by atoms with Crippen LogP contribution in [0.5, 0.6) is 0 Å². The normalized spacial score (nSPS) is 20.5. The highest BCUT2D eigenvalue weighted by Gasteiger charge is 2.33. The second kappa shape index (κ2) is 6.10. The zero-order chi connectivity index (χ0) is 16.7. The molecule has 2 heterocycles. The Hall–Kier alpha value is -1.50. The summed E-state index contributed by atoms with van der Waals surface area (Å²) in [6.07, 6.45) is 6.09. The number of aromatic nitrogens is 1. The summed E-state index contributed by atoms with van der Waals surface area (Å²) >= 11 is 0. The monoisotopic (exact) mass is 345 g/mol. The molecule has 128 valence electrons. The van der Waals surface area contributed by atoms with Crippen LogP contribution in [0.4, 0.5) is 0 Å². The van der Waals surface area contributed by atoms with Crippen molar-refractivity contribution in [2.75, 3.05) is 13.1 Å². The molecule has 2 fully saturated rings. The summed E-state index contributed by atoms with van der Waals surface area (Å²) in [7, 11) is -3.55. The van der Waals surface area contributed by atoms with Crippen LogP contribution in [0.3, 0.4) is 0 Å². The standard InChI is InChI=1S/C18H23N3O2S/c1-13-11-14-3-2-4-17(18(14)19-12-13)24(22,23)20-15-7-9-21(10-8-15)16-5-6-16/h2-4,11-12,15-16,20H,5-10H2,1H3. The van der Waals surface area contributed by atoms with Gasteiger partial charge in [-0.05, 0) is 63.4 Å². The first kappa shape index (κ1) is 16.0. The smallest absolute Gasteiger partial charge is 0.242 e. The van der Waals surface area contributed by atoms with Gasteiger partial charge in [0.1, 0.15) is 4.90 Å². The summed E-state index contributed by atoms with van der Waals surface area (Å²) in [5.41, 5.74) is 1.57. The fraction of sp³-hybridized carbons (Fsp3) is 0.500. The van der Waals surface area contributed by atoms with Crippen molar-refractivity contribution in [3.8, 4) is 0 Å². The number of rotatable bonds is 4. The van der Waals surface area contributed by atoms with Gasteiger partial charge in [-0.3, -0.25) is 4.98 Å². The summed E-state index contributed by atoms with van der Waals surface area (Å²) in [6.45, 7) is 3.94. The summed E-state index contributed by atoms with van der Waals surface area (Å²) in [5, 5.41) is 0.862. The van der Waals surface area contributed by atoms with E-state index in [-0.39, 0.29) is 10.9 Å². The van der Waals surface area contributed by atoms with Crippen LogP contribution in [-0.4, -0.2) is 43.5 Å². The van der Waals surface area contributed by atoms with E-state index in [1.54, 1.807) is 18.3 Å². The molecule has 1 N–H and O–H groups in total. The number of sulfonamides is 1. The van der Waals surface area contributed by atoms with Gasteiger partial charge in [-0.15, -0.1) is 0 Å². The van der Waals surface area contributed by atoms with Crippen LogP contribution < -0.4 is 4.72 Å². The molecule has 0 spiro atoms. The van der Waals surface area contributed by atoms with Crippen LogP contribution in [0.1, 0.15) is 31.2 Å². The number of piperidine rings is 1. The van der Waals surface area contributed by atoms with Gasteiger partial charge in [0, 0.05) is 23.7 Å². The van der Waals surface area contributed by atoms with Crippen molar-refractivity contribution >= 4 is 20.9 Å². The Morgan fingerprint density at radius 2 is 1.92 bits per heavy atom. The molecular formula is C18H23N3O2S. The van der Waals surface area contributed by atoms with Crippen molar-refractivity contribution in [3.05, 3.63) is 36.0 Å². The average molecular weight is 345 g/mol. The predicted octanol–water partition coefficient (Wildman–Crippen LogP) is 2.45. The molecule has 2 aliphatic rings. The van der Waals surface area contributed by atoms with E-state index in [0.717, 1.165) is 42.9 Å². The first-order valence-corrected chi connectivity index (χ1v) is 10.1. The molecule has 0 bridgehead atoms. The van der Waals surface area contributed by atoms with Gasteiger partial charge >= 0.3 is 0 Å². The van der Waals surface area contributed by atoms with Crippen molar-refractivity contribution in [1.29, 1.82) is 0 Å². The van der Waals surface area contributed by atoms with Gasteiger partial charge in [-0.1, -0.05) is 12.1 Å². The molecule has 5 nitrogen and oxygen atoms in total. The quantitative estimate of drug-likeness (QED) is 0.924. The van der Waals surface area contributed by atoms with E-state index in [1.165, 1.54) is 12.8 Å². The Balaban J connectivity index is 1.54. The highest BCUT2D eigenvalue weighted by Crippen LogP contribution is 2.30. The lowest BCUT2D eigenvalue weighted by molar-refractivity contribution is 0.199. The van der Waals surface area contributed by atoms with Crippen LogP contribution >= 0.6 is 0 Å². The minimum atomic E-state index is -3.55. The number of hydrogen-bond acceptors (Lipinski definition) is 4. The summed E-state index contributed by atoms with van der Waals surface area (Å²) in [6, 6.07) is 8.08. The molecule has 0 amide bonds. The molecule has 4 rings (SSSR count). The molecule has 1 aromatic heterocycles. The molecule has 1 saturated carbocycles. The number of para-hydroxylation sites is 1. The maximum Gasteiger partial charge on any atom is 0.242 e. The van der Waals surface area contributed by atoms with Crippen LogP contribution in [0, 0.1) is 6.92 Å². The molecular weight excluding hydrogens is 322 g/mol. The van der Waals surface area contributed by atoms with E-state index in [1.807, 2.05) is 19.1 Å². The van der Waals surface area contributed by atoms with Crippen LogP contribution in [-0.2, 0) is 10.0 Å². The van der Waals surface area contributed by atoms with Gasteiger partial charge in [0.2, 0.25) is 10.0 Å². The maximum atomic E-state index is 12.9. The summed E-state index contributed by atoms with van der Waals surface area (Å²) in [4.78, 5) is 7.13. The number of fused-ring (bicyclic) bond motifs is 1. The van der Waals surface area contributed by atoms with Crippen LogP contribution in [0.25, 0.3) is 10.9 Å². The van der Waals surface area contributed by atoms with Gasteiger partial charge in [-0.2, -0.15) is 0 Å². The first-order chi connectivity index (χ1) is 11.5. The number of nitrogens with one attached hydrogen (secondary N) is 1. The van der Waals surface area contributed by atoms with E-state index >= 15 is 0 Å². The zero-order valence-electron chi connectivity index (χ0n) is 13.9. The largest absolute Gasteiger partial charge is 0.300 e. The van der Waals surface area contributed by atoms with Crippen molar-refractivity contribution < 1.29 is 8.42 Å². The first-order valence-electron chi connectivity index (χ1n) is 8.65. The second-order valence-electron chi connectivity index (χ2n) is 7.00. The number of pyridine rings is 1. The molecule has 0 radical (unpaired) electrons. The minimum absolute atomic E-state index is 0.0192. The lowest BCUT2D eigenvalue weighted by Gasteiger charge is -2.32. The van der Waals surface area contributed by atoms with Crippen molar-refractivity contribution in [1.82, 2.24) is 14.6 Å². The third kappa shape index (κ3) is 3.18. The van der Waals surface area contributed by atoms with Gasteiger partial charge in [0.05, 0.1) is 5.52 Å². The average Bonchev–Trinajstić information content (AvgIpc) is 3.39. The Labute approximate surface area is 143 Å². The van der Waals surface area contributed by atoms with Crippen LogP contribution in [0.15, 0.2) is 35.4 Å². The summed E-state index contributed by atoms with van der Waals surface area (Å²) in [5.74, 6) is 0. The van der Waals surface area contributed by atoms with Gasteiger partial charge in [-0.25, -0.2) is 13.1 Å². The van der Waals surface area contributed by atoms with E-state index in [2.05, 4.69) is 14.6 Å². The fourth-order valence-corrected chi connectivity index (χ4v) is 5.05. The van der Waals surface area contributed by atoms with E-state index in [0.29, 0.717) is 5.52 Å². The molecule has 1 aliphatic heterocycles. The highest BCUT2D eigenvalue weighted by molar-refractivity contribution is 7.89. The third-order valence-corrected chi connectivity index (χ3v) is 6.57. The van der Waals surface area contributed by atoms with E-state index in [4.69, 9.17) is 0 Å². The molecule has 1 saturated heterocycles. The number of benzene rings is 1. The Morgan fingerprint density at radius 3 is 2.62 bits per heavy atom. The van der Waals surface area contributed by atoms with Gasteiger partial charge in [0.25, 0.3) is 0 Å². The fourth-order valence-electron chi connectivity index (χ4n) is 3.56. The molecule has 6 heteroatoms. The number of hydrogen-bond donors (Lipinski definition) is 1. The third-order valence-electron chi connectivity index (χ3n) is 5.01. The number of nitrogens with zero attached hydrogens (tertiary/aromatic N) is 2. The van der Waals surface area contributed by atoms with Gasteiger partial charge < -0.3 is 4.90 Å². The van der Waals surface area contributed by atoms with Crippen molar-refractivity contribution in [2.24, 2.45) is 0 Å². The number of aryl methyl sites for hydroxylation is 1. The molecule has 2 aromatic rings. The minimum Gasteiger partial charge on any atom is -0.300 e. The Kier molecular flexibility index (Phi) is 4.06. The predicted molar refractivity (Wildman–Crippen MR) is 94.4 cm³/mol. The molecule has 0 unspecified atom stereocenters. The Morgan fingerprint density at radius 1 is 1.17 bits per heavy atom. The van der Waals surface area contributed by atoms with E-state index < -0.39 is 10.0 Å². The van der Waals surface area contributed by atoms with Gasteiger partial charge in [0.15, 0.2) is 0 Å². The molecule has 24 heavy (non-hydrogen) atoms. The lowest BCUT2D eigenvalue weighted by atomic mass is 10.1. The highest BCUT2D eigenvalue weighted by atomic mass is 32.2. The van der Waals surface area contributed by atoms with Crippen molar-refractivity contribution in [3.63, 3.8) is 0 Å². The Bertz CT molecular complexity index is 854. The number of likely N-dealkylation sites (tertiary alicyclic amines) is 1. The van der Waals surface area contributed by atoms with E-state index in [9.17, 15) is 8.42 Å². The summed E-state index contributed by atoms with van der Waals surface area (Å²) < 4.78 is 28.6. The molecule has 1 aliphatic carbocycles. The molecule has 0 atom stereocenters. The second-order valence-corrected chi connectivity index (χ2v) is 8.69. The molecule has 1 aromatic carbocycles. The SMILES string of the molecule is Cc1cnc2c(S(=O)(=O)NC3CCN(C4CC4)CC3)cccc2c1. The van der Waals surface area contributed by atoms with Crippen molar-refractivity contribution in [2.45, 2.75) is 49.6 Å². The maximum absolute atomic E-state index is 12.9. The topological polar surface area (TPSA) is 62.3 Å². The van der Waals surface area contributed by atoms with Crippen LogP contribution in [0.2, 0.25) is 0 Å². The lowest BCUT2D eigenvalue weighted by Crippen LogP contribution is -2.45. The zero-order valence-corrected chi connectivity index (χ0v) is 14.7.